The molecule has 1 aromatic rings. The highest BCUT2D eigenvalue weighted by atomic mass is 32.2. The van der Waals surface area contributed by atoms with Gasteiger partial charge < -0.3 is 9.64 Å². The highest BCUT2D eigenvalue weighted by Gasteiger charge is 2.39. The molecule has 0 aromatic carbocycles. The average molecular weight is 382 g/mol. The number of nitrogens with zero attached hydrogens (tertiary/aromatic N) is 4. The molecule has 3 heterocycles. The number of aromatic nitrogens is 1. The van der Waals surface area contributed by atoms with Crippen molar-refractivity contribution in [3.8, 4) is 0 Å². The summed E-state index contributed by atoms with van der Waals surface area (Å²) in [4.78, 5) is 20.6. The maximum Gasteiger partial charge on any atom is 0.272 e. The number of rotatable bonds is 6. The van der Waals surface area contributed by atoms with Crippen molar-refractivity contribution < 1.29 is 17.9 Å². The standard InChI is InChI=1S/C17H26N4O4S/c1-14-4-3-5-18-16(14)17(22)20-12-15(13-20)21(26(2,23)24)7-6-19-8-10-25-11-9-19/h3-5,15H,6-13H2,1-2H3. The van der Waals surface area contributed by atoms with Gasteiger partial charge >= 0.3 is 0 Å². The van der Waals surface area contributed by atoms with E-state index < -0.39 is 10.0 Å². The second kappa shape index (κ2) is 7.99. The number of carbonyl (C=O) groups excluding carboxylic acids is 1. The van der Waals surface area contributed by atoms with Crippen molar-refractivity contribution in [3.63, 3.8) is 0 Å². The normalized spacial score (nSPS) is 19.6. The first-order chi connectivity index (χ1) is 12.4. The van der Waals surface area contributed by atoms with E-state index in [1.807, 2.05) is 13.0 Å². The molecule has 0 atom stereocenters. The predicted octanol–water partition coefficient (Wildman–Crippen LogP) is -0.192. The number of sulfonamides is 1. The van der Waals surface area contributed by atoms with Crippen LogP contribution in [0.3, 0.4) is 0 Å². The van der Waals surface area contributed by atoms with Gasteiger partial charge in [-0.3, -0.25) is 14.7 Å². The van der Waals surface area contributed by atoms with Crippen LogP contribution in [0.25, 0.3) is 0 Å². The highest BCUT2D eigenvalue weighted by Crippen LogP contribution is 2.21. The van der Waals surface area contributed by atoms with E-state index in [-0.39, 0.29) is 11.9 Å². The van der Waals surface area contributed by atoms with Crippen molar-refractivity contribution in [1.82, 2.24) is 19.1 Å². The molecule has 8 nitrogen and oxygen atoms in total. The maximum absolute atomic E-state index is 12.5. The molecule has 0 bridgehead atoms. The summed E-state index contributed by atoms with van der Waals surface area (Å²) in [6.07, 6.45) is 2.84. The summed E-state index contributed by atoms with van der Waals surface area (Å²) < 4.78 is 31.3. The fraction of sp³-hybridized carbons (Fsp3) is 0.647. The van der Waals surface area contributed by atoms with Crippen molar-refractivity contribution in [2.24, 2.45) is 0 Å². The van der Waals surface area contributed by atoms with Gasteiger partial charge in [-0.05, 0) is 18.6 Å². The lowest BCUT2D eigenvalue weighted by molar-refractivity contribution is 0.0267. The monoisotopic (exact) mass is 382 g/mol. The maximum atomic E-state index is 12.5. The first kappa shape index (κ1) is 19.2. The molecule has 144 valence electrons. The number of morpholine rings is 1. The van der Waals surface area contributed by atoms with Gasteiger partial charge in [0.2, 0.25) is 10.0 Å². The van der Waals surface area contributed by atoms with Crippen LogP contribution in [0, 0.1) is 6.92 Å². The largest absolute Gasteiger partial charge is 0.379 e. The predicted molar refractivity (Wildman–Crippen MR) is 97.5 cm³/mol. The van der Waals surface area contributed by atoms with Crippen molar-refractivity contribution >= 4 is 15.9 Å². The molecule has 2 saturated heterocycles. The molecule has 2 aliphatic heterocycles. The van der Waals surface area contributed by atoms with Gasteiger partial charge in [0, 0.05) is 45.5 Å². The molecule has 1 aromatic heterocycles. The van der Waals surface area contributed by atoms with E-state index in [9.17, 15) is 13.2 Å². The van der Waals surface area contributed by atoms with Crippen molar-refractivity contribution in [2.45, 2.75) is 13.0 Å². The van der Waals surface area contributed by atoms with Crippen LogP contribution in [-0.4, -0.2) is 98.2 Å². The highest BCUT2D eigenvalue weighted by molar-refractivity contribution is 7.88. The first-order valence-corrected chi connectivity index (χ1v) is 10.7. The minimum Gasteiger partial charge on any atom is -0.379 e. The van der Waals surface area contributed by atoms with E-state index in [0.29, 0.717) is 45.1 Å². The lowest BCUT2D eigenvalue weighted by Crippen LogP contribution is -2.63. The van der Waals surface area contributed by atoms with Crippen LogP contribution in [0.15, 0.2) is 18.3 Å². The number of hydrogen-bond donors (Lipinski definition) is 0. The third kappa shape index (κ3) is 4.40. The van der Waals surface area contributed by atoms with E-state index in [0.717, 1.165) is 18.7 Å². The molecule has 9 heteroatoms. The molecular formula is C17H26N4O4S. The Bertz CT molecular complexity index is 743. The molecule has 1 amide bonds. The van der Waals surface area contributed by atoms with Crippen LogP contribution in [0.5, 0.6) is 0 Å². The van der Waals surface area contributed by atoms with E-state index in [1.165, 1.54) is 10.6 Å². The Morgan fingerprint density at radius 3 is 2.65 bits per heavy atom. The van der Waals surface area contributed by atoms with Crippen LogP contribution in [0.1, 0.15) is 16.1 Å². The van der Waals surface area contributed by atoms with Gasteiger partial charge in [0.05, 0.1) is 25.5 Å². The molecule has 0 saturated carbocycles. The molecule has 0 aliphatic carbocycles. The summed E-state index contributed by atoms with van der Waals surface area (Å²) in [7, 11) is -3.33. The zero-order valence-electron chi connectivity index (χ0n) is 15.3. The van der Waals surface area contributed by atoms with Gasteiger partial charge in [0.1, 0.15) is 5.69 Å². The number of amides is 1. The quantitative estimate of drug-likeness (QED) is 0.678. The Labute approximate surface area is 154 Å². The van der Waals surface area contributed by atoms with E-state index in [2.05, 4.69) is 9.88 Å². The van der Waals surface area contributed by atoms with Crippen LogP contribution < -0.4 is 0 Å². The van der Waals surface area contributed by atoms with E-state index >= 15 is 0 Å². The van der Waals surface area contributed by atoms with E-state index in [1.54, 1.807) is 17.2 Å². The van der Waals surface area contributed by atoms with Gasteiger partial charge in [-0.25, -0.2) is 8.42 Å². The lowest BCUT2D eigenvalue weighted by atomic mass is 10.1. The smallest absolute Gasteiger partial charge is 0.272 e. The third-order valence-corrected chi connectivity index (χ3v) is 6.27. The first-order valence-electron chi connectivity index (χ1n) is 8.84. The molecule has 0 radical (unpaired) electrons. The summed E-state index contributed by atoms with van der Waals surface area (Å²) in [6, 6.07) is 3.48. The number of carbonyl (C=O) groups is 1. The summed E-state index contributed by atoms with van der Waals surface area (Å²) in [5.41, 5.74) is 1.26. The Hall–Kier alpha value is -1.55. The Balaban J connectivity index is 1.58. The molecular weight excluding hydrogens is 356 g/mol. The summed E-state index contributed by atoms with van der Waals surface area (Å²) in [5.74, 6) is -0.138. The summed E-state index contributed by atoms with van der Waals surface area (Å²) in [6.45, 7) is 6.81. The molecule has 2 aliphatic rings. The molecule has 26 heavy (non-hydrogen) atoms. The molecule has 3 rings (SSSR count). The fourth-order valence-corrected chi connectivity index (χ4v) is 4.43. The van der Waals surface area contributed by atoms with Crippen molar-refractivity contribution in [3.05, 3.63) is 29.6 Å². The number of pyridine rings is 1. The van der Waals surface area contributed by atoms with Gasteiger partial charge in [-0.15, -0.1) is 0 Å². The molecule has 0 spiro atoms. The van der Waals surface area contributed by atoms with Crippen molar-refractivity contribution in [2.75, 3.05) is 58.7 Å². The van der Waals surface area contributed by atoms with Crippen molar-refractivity contribution in [1.29, 1.82) is 0 Å². The SMILES string of the molecule is Cc1cccnc1C(=O)N1CC(N(CCN2CCOCC2)S(C)(=O)=O)C1. The molecule has 2 fully saturated rings. The Morgan fingerprint density at radius 1 is 1.35 bits per heavy atom. The van der Waals surface area contributed by atoms with Gasteiger partial charge in [0.15, 0.2) is 0 Å². The van der Waals surface area contributed by atoms with Crippen LogP contribution >= 0.6 is 0 Å². The topological polar surface area (TPSA) is 83.1 Å². The number of hydrogen-bond acceptors (Lipinski definition) is 6. The fourth-order valence-electron chi connectivity index (χ4n) is 3.35. The molecule has 0 N–H and O–H groups in total. The van der Waals surface area contributed by atoms with Crippen LogP contribution in [0.2, 0.25) is 0 Å². The zero-order chi connectivity index (χ0) is 18.7. The minimum atomic E-state index is -3.33. The molecule has 0 unspecified atom stereocenters. The third-order valence-electron chi connectivity index (χ3n) is 4.94. The zero-order valence-corrected chi connectivity index (χ0v) is 16.1. The van der Waals surface area contributed by atoms with E-state index in [4.69, 9.17) is 4.74 Å². The van der Waals surface area contributed by atoms with Crippen LogP contribution in [0.4, 0.5) is 0 Å². The number of aryl methyl sites for hydroxylation is 1. The Kier molecular flexibility index (Phi) is 5.91. The lowest BCUT2D eigenvalue weighted by Gasteiger charge is -2.44. The van der Waals surface area contributed by atoms with Crippen LogP contribution in [-0.2, 0) is 14.8 Å². The minimum absolute atomic E-state index is 0.138. The average Bonchev–Trinajstić information content (AvgIpc) is 2.56. The number of ether oxygens (including phenoxy) is 1. The van der Waals surface area contributed by atoms with Gasteiger partial charge in [-0.1, -0.05) is 6.07 Å². The number of likely N-dealkylation sites (tertiary alicyclic amines) is 1. The second-order valence-corrected chi connectivity index (χ2v) is 8.80. The Morgan fingerprint density at radius 2 is 2.04 bits per heavy atom. The van der Waals surface area contributed by atoms with Gasteiger partial charge in [0.25, 0.3) is 5.91 Å². The second-order valence-electron chi connectivity index (χ2n) is 6.86. The summed E-state index contributed by atoms with van der Waals surface area (Å²) in [5, 5.41) is 0. The van der Waals surface area contributed by atoms with Gasteiger partial charge in [-0.2, -0.15) is 4.31 Å². The summed E-state index contributed by atoms with van der Waals surface area (Å²) >= 11 is 0.